The number of Topliss-reactive ketones (excluding diaryl/α,β-unsaturated/α-hetero) is 1. The molecule has 0 saturated carbocycles. The van der Waals surface area contributed by atoms with Crippen LogP contribution in [0, 0.1) is 0 Å². The van der Waals surface area contributed by atoms with E-state index >= 15 is 0 Å². The molecule has 4 heteroatoms. The molecule has 0 atom stereocenters. The number of carbonyl (C=O) groups is 1. The monoisotopic (exact) mass is 306 g/mol. The Kier molecular flexibility index (Phi) is 5.50. The van der Waals surface area contributed by atoms with Crippen LogP contribution in [0.5, 0.6) is 5.75 Å². The van der Waals surface area contributed by atoms with Crippen LogP contribution >= 0.6 is 23.4 Å². The van der Waals surface area contributed by atoms with Gasteiger partial charge in [0.1, 0.15) is 5.75 Å². The van der Waals surface area contributed by atoms with Gasteiger partial charge in [-0.1, -0.05) is 17.7 Å². The van der Waals surface area contributed by atoms with E-state index in [4.69, 9.17) is 16.3 Å². The van der Waals surface area contributed by atoms with Crippen LogP contribution in [0.25, 0.3) is 0 Å². The molecular weight excluding hydrogens is 292 g/mol. The second-order valence-corrected chi connectivity index (χ2v) is 5.61. The largest absolute Gasteiger partial charge is 0.494 e. The molecule has 0 aliphatic heterocycles. The Morgan fingerprint density at radius 1 is 1.20 bits per heavy atom. The zero-order valence-electron chi connectivity index (χ0n) is 11.1. The molecule has 20 heavy (non-hydrogen) atoms. The fraction of sp³-hybridized carbons (Fsp3) is 0.188. The number of hydrogen-bond donors (Lipinski definition) is 0. The zero-order chi connectivity index (χ0) is 14.4. The van der Waals surface area contributed by atoms with E-state index in [2.05, 4.69) is 0 Å². The highest BCUT2D eigenvalue weighted by atomic mass is 35.5. The van der Waals surface area contributed by atoms with Crippen LogP contribution in [0.4, 0.5) is 0 Å². The molecule has 0 aromatic heterocycles. The lowest BCUT2D eigenvalue weighted by molar-refractivity contribution is 0.102. The van der Waals surface area contributed by atoms with E-state index in [-0.39, 0.29) is 5.78 Å². The Morgan fingerprint density at radius 3 is 2.60 bits per heavy atom. The fourth-order valence-electron chi connectivity index (χ4n) is 1.69. The summed E-state index contributed by atoms with van der Waals surface area (Å²) in [6.07, 6.45) is 0. The molecule has 0 bridgehead atoms. The van der Waals surface area contributed by atoms with Crippen molar-refractivity contribution in [1.82, 2.24) is 0 Å². The number of ether oxygens (including phenoxy) is 1. The third kappa shape index (κ3) is 4.29. The van der Waals surface area contributed by atoms with E-state index in [0.717, 1.165) is 10.6 Å². The highest BCUT2D eigenvalue weighted by Gasteiger charge is 2.07. The van der Waals surface area contributed by atoms with Gasteiger partial charge in [-0.15, -0.1) is 11.8 Å². The van der Waals surface area contributed by atoms with Gasteiger partial charge >= 0.3 is 0 Å². The third-order valence-corrected chi connectivity index (χ3v) is 3.88. The van der Waals surface area contributed by atoms with Gasteiger partial charge in [-0.3, -0.25) is 4.79 Å². The van der Waals surface area contributed by atoms with Gasteiger partial charge in [0.25, 0.3) is 0 Å². The summed E-state index contributed by atoms with van der Waals surface area (Å²) in [5, 5.41) is 0.684. The average molecular weight is 307 g/mol. The predicted molar refractivity (Wildman–Crippen MR) is 84.1 cm³/mol. The molecule has 0 aliphatic carbocycles. The highest BCUT2D eigenvalue weighted by Crippen LogP contribution is 2.23. The molecule has 0 unspecified atom stereocenters. The van der Waals surface area contributed by atoms with E-state index in [1.165, 1.54) is 11.8 Å². The van der Waals surface area contributed by atoms with Gasteiger partial charge in [0.15, 0.2) is 5.78 Å². The van der Waals surface area contributed by atoms with Crippen molar-refractivity contribution >= 4 is 29.1 Å². The highest BCUT2D eigenvalue weighted by molar-refractivity contribution is 8.00. The summed E-state index contributed by atoms with van der Waals surface area (Å²) in [6.45, 7) is 2.55. The van der Waals surface area contributed by atoms with Gasteiger partial charge in [0.2, 0.25) is 0 Å². The summed E-state index contributed by atoms with van der Waals surface area (Å²) in [5.74, 6) is 1.28. The SMILES string of the molecule is CCOc1ccc(C(=O)CSc2cccc(Cl)c2)cc1. The van der Waals surface area contributed by atoms with Gasteiger partial charge in [-0.2, -0.15) is 0 Å². The standard InChI is InChI=1S/C16H15ClO2S/c1-2-19-14-8-6-12(7-9-14)16(18)11-20-15-5-3-4-13(17)10-15/h3-10H,2,11H2,1H3. The molecule has 0 spiro atoms. The van der Waals surface area contributed by atoms with Crippen molar-refractivity contribution in [2.24, 2.45) is 0 Å². The fourth-order valence-corrected chi connectivity index (χ4v) is 2.80. The van der Waals surface area contributed by atoms with Crippen LogP contribution in [0.2, 0.25) is 5.02 Å². The zero-order valence-corrected chi connectivity index (χ0v) is 12.7. The number of hydrogen-bond acceptors (Lipinski definition) is 3. The number of ketones is 1. The Morgan fingerprint density at radius 2 is 1.95 bits per heavy atom. The van der Waals surface area contributed by atoms with Crippen molar-refractivity contribution in [2.45, 2.75) is 11.8 Å². The maximum atomic E-state index is 12.1. The first kappa shape index (κ1) is 14.9. The molecule has 0 heterocycles. The first-order valence-electron chi connectivity index (χ1n) is 6.33. The van der Waals surface area contributed by atoms with Crippen molar-refractivity contribution in [2.75, 3.05) is 12.4 Å². The maximum Gasteiger partial charge on any atom is 0.173 e. The van der Waals surface area contributed by atoms with Gasteiger partial charge in [0.05, 0.1) is 12.4 Å². The van der Waals surface area contributed by atoms with Crippen molar-refractivity contribution in [1.29, 1.82) is 0 Å². The minimum atomic E-state index is 0.0954. The Labute approximate surface area is 128 Å². The van der Waals surface area contributed by atoms with Crippen LogP contribution in [-0.2, 0) is 0 Å². The van der Waals surface area contributed by atoms with Gasteiger partial charge in [-0.05, 0) is 49.4 Å². The maximum absolute atomic E-state index is 12.1. The lowest BCUT2D eigenvalue weighted by atomic mass is 10.1. The molecule has 104 valence electrons. The van der Waals surface area contributed by atoms with E-state index < -0.39 is 0 Å². The summed E-state index contributed by atoms with van der Waals surface area (Å²) < 4.78 is 5.35. The number of halogens is 1. The second-order valence-electron chi connectivity index (χ2n) is 4.13. The molecule has 2 aromatic rings. The topological polar surface area (TPSA) is 26.3 Å². The van der Waals surface area contributed by atoms with Crippen LogP contribution in [0.15, 0.2) is 53.4 Å². The van der Waals surface area contributed by atoms with E-state index in [1.807, 2.05) is 43.3 Å². The Bertz CT molecular complexity index is 581. The molecule has 2 aromatic carbocycles. The van der Waals surface area contributed by atoms with Crippen LogP contribution in [0.3, 0.4) is 0 Å². The van der Waals surface area contributed by atoms with Crippen molar-refractivity contribution in [3.8, 4) is 5.75 Å². The van der Waals surface area contributed by atoms with Crippen LogP contribution in [-0.4, -0.2) is 18.1 Å². The minimum Gasteiger partial charge on any atom is -0.494 e. The number of benzene rings is 2. The molecule has 2 nitrogen and oxygen atoms in total. The molecule has 0 fully saturated rings. The van der Waals surface area contributed by atoms with Crippen LogP contribution < -0.4 is 4.74 Å². The third-order valence-electron chi connectivity index (χ3n) is 2.65. The molecule has 0 radical (unpaired) electrons. The minimum absolute atomic E-state index is 0.0954. The Balaban J connectivity index is 1.94. The molecule has 2 rings (SSSR count). The summed E-state index contributed by atoms with van der Waals surface area (Å²) in [5.41, 5.74) is 0.697. The summed E-state index contributed by atoms with van der Waals surface area (Å²) >= 11 is 7.40. The molecule has 0 amide bonds. The number of rotatable bonds is 6. The van der Waals surface area contributed by atoms with Gasteiger partial charge in [-0.25, -0.2) is 0 Å². The predicted octanol–water partition coefficient (Wildman–Crippen LogP) is 4.71. The normalized spacial score (nSPS) is 10.3. The first-order chi connectivity index (χ1) is 9.69. The quantitative estimate of drug-likeness (QED) is 0.571. The summed E-state index contributed by atoms with van der Waals surface area (Å²) in [4.78, 5) is 13.1. The van der Waals surface area contributed by atoms with E-state index in [1.54, 1.807) is 12.1 Å². The van der Waals surface area contributed by atoms with Crippen molar-refractivity contribution in [3.63, 3.8) is 0 Å². The lowest BCUT2D eigenvalue weighted by Crippen LogP contribution is -2.02. The smallest absolute Gasteiger partial charge is 0.173 e. The first-order valence-corrected chi connectivity index (χ1v) is 7.70. The molecule has 0 N–H and O–H groups in total. The molecule has 0 saturated heterocycles. The van der Waals surface area contributed by atoms with Crippen molar-refractivity contribution < 1.29 is 9.53 Å². The summed E-state index contributed by atoms with van der Waals surface area (Å²) in [6, 6.07) is 14.7. The van der Waals surface area contributed by atoms with Crippen molar-refractivity contribution in [3.05, 3.63) is 59.1 Å². The number of thioether (sulfide) groups is 1. The van der Waals surface area contributed by atoms with E-state index in [0.29, 0.717) is 22.9 Å². The molecule has 0 aliphatic rings. The molecular formula is C16H15ClO2S. The lowest BCUT2D eigenvalue weighted by Gasteiger charge is -2.05. The van der Waals surface area contributed by atoms with E-state index in [9.17, 15) is 4.79 Å². The number of carbonyl (C=O) groups excluding carboxylic acids is 1. The van der Waals surface area contributed by atoms with Gasteiger partial charge < -0.3 is 4.74 Å². The average Bonchev–Trinajstić information content (AvgIpc) is 2.46. The summed E-state index contributed by atoms with van der Waals surface area (Å²) in [7, 11) is 0. The van der Waals surface area contributed by atoms with Gasteiger partial charge in [0, 0.05) is 15.5 Å². The Hall–Kier alpha value is -1.45. The second kappa shape index (κ2) is 7.36. The van der Waals surface area contributed by atoms with Crippen LogP contribution in [0.1, 0.15) is 17.3 Å².